The maximum absolute atomic E-state index is 12.0. The van der Waals surface area contributed by atoms with Crippen molar-refractivity contribution in [2.24, 2.45) is 0 Å². The zero-order valence-corrected chi connectivity index (χ0v) is 10.6. The molecule has 0 aliphatic carbocycles. The smallest absolute Gasteiger partial charge is 0.242 e. The molecule has 0 fully saturated rings. The molecule has 4 nitrogen and oxygen atoms in total. The number of sulfonamides is 1. The van der Waals surface area contributed by atoms with E-state index in [1.807, 2.05) is 13.8 Å². The third-order valence-corrected chi connectivity index (χ3v) is 4.45. The molecule has 0 amide bonds. The van der Waals surface area contributed by atoms with E-state index in [0.29, 0.717) is 0 Å². The lowest BCUT2D eigenvalue weighted by Gasteiger charge is -2.16. The van der Waals surface area contributed by atoms with Crippen molar-refractivity contribution >= 4 is 10.0 Å². The summed E-state index contributed by atoms with van der Waals surface area (Å²) in [5, 5.41) is 8.74. The molecule has 1 aromatic rings. The molecule has 0 atom stereocenters. The maximum Gasteiger partial charge on any atom is 0.242 e. The molecule has 0 saturated carbocycles. The molecule has 0 aromatic heterocycles. The molecular weight excluding hydrogens is 226 g/mol. The number of likely N-dealkylation sites (N-methyl/N-ethyl adjacent to an activating group) is 1. The summed E-state index contributed by atoms with van der Waals surface area (Å²) in [7, 11) is -2.01. The first-order valence-electron chi connectivity index (χ1n) is 5.04. The standard InChI is InChI=1S/C11H17NO3S/c1-9-4-5-11(8-10(9)2)16(14,15)12(3)6-7-13/h4-5,8,13H,6-7H2,1-3H3. The third-order valence-electron chi connectivity index (χ3n) is 2.60. The van der Waals surface area contributed by atoms with Crippen LogP contribution in [0, 0.1) is 13.8 Å². The fourth-order valence-corrected chi connectivity index (χ4v) is 2.56. The normalized spacial score (nSPS) is 12.1. The second-order valence-corrected chi connectivity index (χ2v) is 5.84. The summed E-state index contributed by atoms with van der Waals surface area (Å²) >= 11 is 0. The van der Waals surface area contributed by atoms with Gasteiger partial charge in [0.2, 0.25) is 10.0 Å². The van der Waals surface area contributed by atoms with Crippen molar-refractivity contribution in [3.05, 3.63) is 29.3 Å². The van der Waals surface area contributed by atoms with Gasteiger partial charge in [-0.2, -0.15) is 4.31 Å². The van der Waals surface area contributed by atoms with Crippen LogP contribution in [0.3, 0.4) is 0 Å². The predicted molar refractivity (Wildman–Crippen MR) is 62.8 cm³/mol. The number of rotatable bonds is 4. The van der Waals surface area contributed by atoms with Crippen LogP contribution in [0.25, 0.3) is 0 Å². The summed E-state index contributed by atoms with van der Waals surface area (Å²) in [5.74, 6) is 0. The molecule has 0 aliphatic heterocycles. The van der Waals surface area contributed by atoms with Gasteiger partial charge in [-0.1, -0.05) is 6.07 Å². The summed E-state index contributed by atoms with van der Waals surface area (Å²) in [6.07, 6.45) is 0. The number of hydrogen-bond donors (Lipinski definition) is 1. The third kappa shape index (κ3) is 2.61. The maximum atomic E-state index is 12.0. The van der Waals surface area contributed by atoms with Gasteiger partial charge < -0.3 is 5.11 Å². The fraction of sp³-hybridized carbons (Fsp3) is 0.455. The van der Waals surface area contributed by atoms with Crippen LogP contribution in [-0.4, -0.2) is 38.0 Å². The molecule has 16 heavy (non-hydrogen) atoms. The van der Waals surface area contributed by atoms with Crippen molar-refractivity contribution < 1.29 is 13.5 Å². The molecule has 1 N–H and O–H groups in total. The van der Waals surface area contributed by atoms with Crippen LogP contribution in [0.1, 0.15) is 11.1 Å². The van der Waals surface area contributed by atoms with Gasteiger partial charge in [0.05, 0.1) is 11.5 Å². The molecular formula is C11H17NO3S. The van der Waals surface area contributed by atoms with Crippen LogP contribution in [0.2, 0.25) is 0 Å². The van der Waals surface area contributed by atoms with Gasteiger partial charge in [0.25, 0.3) is 0 Å². The molecule has 0 spiro atoms. The van der Waals surface area contributed by atoms with Gasteiger partial charge in [-0.3, -0.25) is 0 Å². The first-order valence-corrected chi connectivity index (χ1v) is 6.48. The Labute approximate surface area is 96.6 Å². The molecule has 0 heterocycles. The number of aryl methyl sites for hydroxylation is 2. The Hall–Kier alpha value is -0.910. The van der Waals surface area contributed by atoms with Crippen LogP contribution in [-0.2, 0) is 10.0 Å². The average molecular weight is 243 g/mol. The lowest BCUT2D eigenvalue weighted by atomic mass is 10.1. The summed E-state index contributed by atoms with van der Waals surface area (Å²) < 4.78 is 25.2. The van der Waals surface area contributed by atoms with Gasteiger partial charge in [-0.25, -0.2) is 8.42 Å². The molecule has 90 valence electrons. The Morgan fingerprint density at radius 3 is 2.38 bits per heavy atom. The quantitative estimate of drug-likeness (QED) is 0.855. The SMILES string of the molecule is Cc1ccc(S(=O)(=O)N(C)CCO)cc1C. The Morgan fingerprint density at radius 1 is 1.25 bits per heavy atom. The average Bonchev–Trinajstić information content (AvgIpc) is 2.22. The number of nitrogens with zero attached hydrogens (tertiary/aromatic N) is 1. The Kier molecular flexibility index (Phi) is 4.07. The molecule has 1 rings (SSSR count). The molecule has 5 heteroatoms. The van der Waals surface area contributed by atoms with Crippen LogP contribution in [0.15, 0.2) is 23.1 Å². The lowest BCUT2D eigenvalue weighted by molar-refractivity contribution is 0.266. The Bertz CT molecular complexity index is 468. The minimum atomic E-state index is -3.47. The first kappa shape index (κ1) is 13.2. The predicted octanol–water partition coefficient (Wildman–Crippen LogP) is 0.916. The van der Waals surface area contributed by atoms with Gasteiger partial charge in [0.1, 0.15) is 0 Å². The minimum absolute atomic E-state index is 0.106. The molecule has 0 unspecified atom stereocenters. The molecule has 0 saturated heterocycles. The van der Waals surface area contributed by atoms with Crippen molar-refractivity contribution in [2.45, 2.75) is 18.7 Å². The van der Waals surface area contributed by atoms with Crippen molar-refractivity contribution in [3.8, 4) is 0 Å². The highest BCUT2D eigenvalue weighted by atomic mass is 32.2. The number of aliphatic hydroxyl groups excluding tert-OH is 1. The highest BCUT2D eigenvalue weighted by Crippen LogP contribution is 2.17. The van der Waals surface area contributed by atoms with Crippen molar-refractivity contribution in [1.29, 1.82) is 0 Å². The van der Waals surface area contributed by atoms with Crippen LogP contribution < -0.4 is 0 Å². The van der Waals surface area contributed by atoms with Crippen molar-refractivity contribution in [1.82, 2.24) is 4.31 Å². The Balaban J connectivity index is 3.12. The first-order chi connectivity index (χ1) is 7.39. The molecule has 0 bridgehead atoms. The van der Waals surface area contributed by atoms with E-state index in [1.165, 1.54) is 7.05 Å². The number of aliphatic hydroxyl groups is 1. The van der Waals surface area contributed by atoms with Crippen LogP contribution in [0.4, 0.5) is 0 Å². The van der Waals surface area contributed by atoms with Crippen LogP contribution >= 0.6 is 0 Å². The Morgan fingerprint density at radius 2 is 1.88 bits per heavy atom. The van der Waals surface area contributed by atoms with E-state index in [1.54, 1.807) is 18.2 Å². The summed E-state index contributed by atoms with van der Waals surface area (Å²) in [5.41, 5.74) is 2.00. The van der Waals surface area contributed by atoms with E-state index < -0.39 is 10.0 Å². The van der Waals surface area contributed by atoms with Gasteiger partial charge in [-0.15, -0.1) is 0 Å². The van der Waals surface area contributed by atoms with E-state index in [-0.39, 0.29) is 18.0 Å². The molecule has 0 radical (unpaired) electrons. The molecule has 0 aliphatic rings. The summed E-state index contributed by atoms with van der Waals surface area (Å²) in [6.45, 7) is 3.74. The van der Waals surface area contributed by atoms with Gasteiger partial charge >= 0.3 is 0 Å². The van der Waals surface area contributed by atoms with Gasteiger partial charge in [0, 0.05) is 13.6 Å². The van der Waals surface area contributed by atoms with E-state index in [9.17, 15) is 8.42 Å². The van der Waals surface area contributed by atoms with E-state index >= 15 is 0 Å². The van der Waals surface area contributed by atoms with Gasteiger partial charge in [0.15, 0.2) is 0 Å². The summed E-state index contributed by atoms with van der Waals surface area (Å²) in [4.78, 5) is 0.270. The van der Waals surface area contributed by atoms with E-state index in [2.05, 4.69) is 0 Å². The summed E-state index contributed by atoms with van der Waals surface area (Å²) in [6, 6.07) is 5.03. The van der Waals surface area contributed by atoms with Gasteiger partial charge in [-0.05, 0) is 37.1 Å². The zero-order chi connectivity index (χ0) is 12.3. The van der Waals surface area contributed by atoms with E-state index in [4.69, 9.17) is 5.11 Å². The largest absolute Gasteiger partial charge is 0.395 e. The fourth-order valence-electron chi connectivity index (χ4n) is 1.32. The number of benzene rings is 1. The highest BCUT2D eigenvalue weighted by molar-refractivity contribution is 7.89. The number of hydrogen-bond acceptors (Lipinski definition) is 3. The van der Waals surface area contributed by atoms with E-state index in [0.717, 1.165) is 15.4 Å². The zero-order valence-electron chi connectivity index (χ0n) is 9.77. The van der Waals surface area contributed by atoms with Crippen LogP contribution in [0.5, 0.6) is 0 Å². The van der Waals surface area contributed by atoms with Crippen molar-refractivity contribution in [3.63, 3.8) is 0 Å². The molecule has 1 aromatic carbocycles. The second-order valence-electron chi connectivity index (χ2n) is 3.80. The topological polar surface area (TPSA) is 57.6 Å². The lowest BCUT2D eigenvalue weighted by Crippen LogP contribution is -2.29. The minimum Gasteiger partial charge on any atom is -0.395 e. The highest BCUT2D eigenvalue weighted by Gasteiger charge is 2.20. The second kappa shape index (κ2) is 4.95. The van der Waals surface area contributed by atoms with Crippen molar-refractivity contribution in [2.75, 3.05) is 20.2 Å². The monoisotopic (exact) mass is 243 g/mol.